The number of carbonyl (C=O) groups is 1. The van der Waals surface area contributed by atoms with Crippen LogP contribution in [0.25, 0.3) is 0 Å². The van der Waals surface area contributed by atoms with Crippen LogP contribution in [0.3, 0.4) is 0 Å². The van der Waals surface area contributed by atoms with E-state index < -0.39 is 6.10 Å². The number of carbonyl (C=O) groups excluding carboxylic acids is 1. The van der Waals surface area contributed by atoms with Crippen molar-refractivity contribution in [3.8, 4) is 0 Å². The van der Waals surface area contributed by atoms with Crippen molar-refractivity contribution in [3.05, 3.63) is 21.3 Å². The van der Waals surface area contributed by atoms with Gasteiger partial charge in [0.05, 0.1) is 21.4 Å². The highest BCUT2D eigenvalue weighted by molar-refractivity contribution is 7.17. The first-order chi connectivity index (χ1) is 7.59. The molecule has 6 heteroatoms. The minimum atomic E-state index is -0.496. The zero-order chi connectivity index (χ0) is 11.7. The summed E-state index contributed by atoms with van der Waals surface area (Å²) in [5.41, 5.74) is 0. The predicted octanol–water partition coefficient (Wildman–Crippen LogP) is 0.806. The summed E-state index contributed by atoms with van der Waals surface area (Å²) in [6, 6.07) is 3.25. The molecule has 0 saturated carbocycles. The van der Waals surface area contributed by atoms with Gasteiger partial charge in [0.2, 0.25) is 0 Å². The Morgan fingerprint density at radius 2 is 2.38 bits per heavy atom. The molecule has 2 rings (SSSR count). The fraction of sp³-hybridized carbons (Fsp3) is 0.500. The highest BCUT2D eigenvalue weighted by Crippen LogP contribution is 2.23. The summed E-state index contributed by atoms with van der Waals surface area (Å²) in [4.78, 5) is 14.2. The molecular formula is C10H13ClN2O2S. The Labute approximate surface area is 103 Å². The number of likely N-dealkylation sites (N-methyl/N-ethyl adjacent to an activating group) is 1. The molecule has 0 unspecified atom stereocenters. The van der Waals surface area contributed by atoms with E-state index in [4.69, 9.17) is 11.6 Å². The average molecular weight is 261 g/mol. The summed E-state index contributed by atoms with van der Waals surface area (Å²) < 4.78 is 0.599. The minimum Gasteiger partial charge on any atom is -0.390 e. The van der Waals surface area contributed by atoms with Crippen LogP contribution >= 0.6 is 22.9 Å². The lowest BCUT2D eigenvalue weighted by Crippen LogP contribution is -2.44. The van der Waals surface area contributed by atoms with Crippen molar-refractivity contribution in [2.45, 2.75) is 12.1 Å². The molecule has 1 fully saturated rings. The van der Waals surface area contributed by atoms with Crippen molar-refractivity contribution in [1.82, 2.24) is 10.2 Å². The van der Waals surface area contributed by atoms with E-state index in [1.165, 1.54) is 11.3 Å². The molecule has 2 heterocycles. The maximum atomic E-state index is 12.0. The van der Waals surface area contributed by atoms with Gasteiger partial charge in [-0.1, -0.05) is 11.6 Å². The smallest absolute Gasteiger partial charge is 0.264 e. The molecule has 1 aromatic rings. The molecular weight excluding hydrogens is 248 g/mol. The second-order valence-corrected chi connectivity index (χ2v) is 5.53. The molecule has 16 heavy (non-hydrogen) atoms. The van der Waals surface area contributed by atoms with Crippen LogP contribution in [-0.2, 0) is 0 Å². The monoisotopic (exact) mass is 260 g/mol. The van der Waals surface area contributed by atoms with Crippen LogP contribution in [0.1, 0.15) is 9.67 Å². The largest absolute Gasteiger partial charge is 0.390 e. The van der Waals surface area contributed by atoms with Crippen LogP contribution in [0.4, 0.5) is 0 Å². The van der Waals surface area contributed by atoms with Gasteiger partial charge < -0.3 is 15.3 Å². The highest BCUT2D eigenvalue weighted by atomic mass is 35.5. The fourth-order valence-electron chi connectivity index (χ4n) is 1.80. The summed E-state index contributed by atoms with van der Waals surface area (Å²) in [6.45, 7) is 1.16. The van der Waals surface area contributed by atoms with E-state index in [0.717, 1.165) is 0 Å². The number of hydrogen-bond donors (Lipinski definition) is 2. The summed E-state index contributed by atoms with van der Waals surface area (Å²) in [5, 5.41) is 12.7. The summed E-state index contributed by atoms with van der Waals surface area (Å²) >= 11 is 7.04. The molecule has 4 nitrogen and oxygen atoms in total. The SMILES string of the molecule is CN(C(=O)c1ccc(Cl)s1)[C@@H]1CNC[C@H]1O. The standard InChI is InChI=1S/C10H13ClN2O2S/c1-13(6-4-12-5-7(6)14)10(15)8-2-3-9(11)16-8/h2-3,6-7,12,14H,4-5H2,1H3/t6-,7-/m1/s1. The van der Waals surface area contributed by atoms with Gasteiger partial charge in [0.15, 0.2) is 0 Å². The van der Waals surface area contributed by atoms with E-state index in [1.807, 2.05) is 0 Å². The van der Waals surface area contributed by atoms with E-state index in [9.17, 15) is 9.90 Å². The van der Waals surface area contributed by atoms with E-state index in [0.29, 0.717) is 22.3 Å². The van der Waals surface area contributed by atoms with Gasteiger partial charge in [-0.2, -0.15) is 0 Å². The number of aliphatic hydroxyl groups excluding tert-OH is 1. The first-order valence-corrected chi connectivity index (χ1v) is 6.20. The molecule has 0 spiro atoms. The number of aliphatic hydroxyl groups is 1. The van der Waals surface area contributed by atoms with Crippen LogP contribution in [0.5, 0.6) is 0 Å². The van der Waals surface area contributed by atoms with Gasteiger partial charge >= 0.3 is 0 Å². The van der Waals surface area contributed by atoms with Gasteiger partial charge in [-0.05, 0) is 12.1 Å². The van der Waals surface area contributed by atoms with Crippen LogP contribution < -0.4 is 5.32 Å². The van der Waals surface area contributed by atoms with Crippen LogP contribution in [0, 0.1) is 0 Å². The zero-order valence-corrected chi connectivity index (χ0v) is 10.4. The molecule has 0 aromatic carbocycles. The molecule has 1 aromatic heterocycles. The topological polar surface area (TPSA) is 52.6 Å². The lowest BCUT2D eigenvalue weighted by molar-refractivity contribution is 0.0585. The van der Waals surface area contributed by atoms with Gasteiger partial charge in [-0.3, -0.25) is 4.79 Å². The van der Waals surface area contributed by atoms with Crippen molar-refractivity contribution >= 4 is 28.8 Å². The van der Waals surface area contributed by atoms with E-state index in [1.54, 1.807) is 24.1 Å². The Hall–Kier alpha value is -0.620. The maximum Gasteiger partial charge on any atom is 0.264 e. The van der Waals surface area contributed by atoms with Crippen LogP contribution in [-0.4, -0.2) is 48.2 Å². The second kappa shape index (κ2) is 4.71. The third-order valence-electron chi connectivity index (χ3n) is 2.75. The molecule has 0 bridgehead atoms. The molecule has 1 saturated heterocycles. The van der Waals surface area contributed by atoms with Crippen molar-refractivity contribution in [1.29, 1.82) is 0 Å². The molecule has 0 aliphatic carbocycles. The summed E-state index contributed by atoms with van der Waals surface area (Å²) in [5.74, 6) is -0.0929. The van der Waals surface area contributed by atoms with Gasteiger partial charge in [-0.25, -0.2) is 0 Å². The Morgan fingerprint density at radius 1 is 1.62 bits per heavy atom. The van der Waals surface area contributed by atoms with Crippen molar-refractivity contribution in [3.63, 3.8) is 0 Å². The quantitative estimate of drug-likeness (QED) is 0.827. The molecule has 0 radical (unpaired) electrons. The van der Waals surface area contributed by atoms with E-state index in [-0.39, 0.29) is 11.9 Å². The highest BCUT2D eigenvalue weighted by Gasteiger charge is 2.31. The van der Waals surface area contributed by atoms with Crippen molar-refractivity contribution in [2.75, 3.05) is 20.1 Å². The lowest BCUT2D eigenvalue weighted by atomic mass is 10.2. The van der Waals surface area contributed by atoms with Gasteiger partial charge in [0.25, 0.3) is 5.91 Å². The number of nitrogens with one attached hydrogen (secondary N) is 1. The molecule has 2 atom stereocenters. The number of β-amino-alcohol motifs (C(OH)–C–C–N with tert-alkyl or cyclic N) is 1. The summed E-state index contributed by atoms with van der Waals surface area (Å²) in [6.07, 6.45) is -0.496. The number of rotatable bonds is 2. The van der Waals surface area contributed by atoms with Crippen LogP contribution in [0.2, 0.25) is 4.34 Å². The molecule has 1 aliphatic rings. The van der Waals surface area contributed by atoms with Crippen molar-refractivity contribution in [2.24, 2.45) is 0 Å². The molecule has 1 amide bonds. The first-order valence-electron chi connectivity index (χ1n) is 5.01. The third kappa shape index (κ3) is 2.22. The number of hydrogen-bond acceptors (Lipinski definition) is 4. The number of halogens is 1. The number of amides is 1. The molecule has 1 aliphatic heterocycles. The Kier molecular flexibility index (Phi) is 3.49. The van der Waals surface area contributed by atoms with Crippen molar-refractivity contribution < 1.29 is 9.90 Å². The molecule has 2 N–H and O–H groups in total. The van der Waals surface area contributed by atoms with Gasteiger partial charge in [0, 0.05) is 20.1 Å². The Morgan fingerprint density at radius 3 is 2.88 bits per heavy atom. The Bertz CT molecular complexity index is 396. The normalized spacial score (nSPS) is 24.7. The third-order valence-corrected chi connectivity index (χ3v) is 3.97. The fourth-order valence-corrected chi connectivity index (χ4v) is 2.83. The second-order valence-electron chi connectivity index (χ2n) is 3.81. The van der Waals surface area contributed by atoms with Gasteiger partial charge in [-0.15, -0.1) is 11.3 Å². The first kappa shape index (κ1) is 11.9. The van der Waals surface area contributed by atoms with Gasteiger partial charge in [0.1, 0.15) is 0 Å². The van der Waals surface area contributed by atoms with Crippen LogP contribution in [0.15, 0.2) is 12.1 Å². The number of thiophene rings is 1. The lowest BCUT2D eigenvalue weighted by Gasteiger charge is -2.25. The van der Waals surface area contributed by atoms with E-state index in [2.05, 4.69) is 5.32 Å². The minimum absolute atomic E-state index is 0.0929. The maximum absolute atomic E-state index is 12.0. The number of nitrogens with zero attached hydrogens (tertiary/aromatic N) is 1. The van der Waals surface area contributed by atoms with E-state index >= 15 is 0 Å². The predicted molar refractivity (Wildman–Crippen MR) is 64.1 cm³/mol. The zero-order valence-electron chi connectivity index (χ0n) is 8.81. The molecule has 88 valence electrons. The summed E-state index contributed by atoms with van der Waals surface area (Å²) in [7, 11) is 1.71. The Balaban J connectivity index is 2.10. The average Bonchev–Trinajstić information content (AvgIpc) is 2.85.